The van der Waals surface area contributed by atoms with Crippen LogP contribution in [0.4, 0.5) is 0 Å². The first-order chi connectivity index (χ1) is 14.7. The first-order valence-corrected chi connectivity index (χ1v) is 10.3. The average Bonchev–Trinajstić information content (AvgIpc) is 3.51. The van der Waals surface area contributed by atoms with Crippen molar-refractivity contribution >= 4 is 0 Å². The molecule has 0 aliphatic carbocycles. The zero-order chi connectivity index (χ0) is 20.3. The summed E-state index contributed by atoms with van der Waals surface area (Å²) in [5.41, 5.74) is 2.14. The predicted octanol–water partition coefficient (Wildman–Crippen LogP) is 3.43. The zero-order valence-corrected chi connectivity index (χ0v) is 16.9. The second kappa shape index (κ2) is 8.23. The Balaban J connectivity index is 1.15. The SMILES string of the molecule is Cn1cccc1-c1noc(C2CCN(Cc3nc(Cc4ccccc4)no3)CC2)n1. The molecule has 0 unspecified atom stereocenters. The fourth-order valence-electron chi connectivity index (χ4n) is 3.93. The molecule has 1 aromatic carbocycles. The third-order valence-electron chi connectivity index (χ3n) is 5.63. The Kier molecular flexibility index (Phi) is 5.15. The first-order valence-electron chi connectivity index (χ1n) is 10.3. The number of hydrogen-bond acceptors (Lipinski definition) is 7. The number of aryl methyl sites for hydroxylation is 1. The number of piperidine rings is 1. The van der Waals surface area contributed by atoms with Gasteiger partial charge < -0.3 is 13.6 Å². The lowest BCUT2D eigenvalue weighted by Crippen LogP contribution is -2.32. The van der Waals surface area contributed by atoms with Crippen LogP contribution in [0, 0.1) is 0 Å². The van der Waals surface area contributed by atoms with Gasteiger partial charge in [-0.05, 0) is 43.6 Å². The van der Waals surface area contributed by atoms with E-state index in [2.05, 4.69) is 37.3 Å². The normalized spacial score (nSPS) is 15.6. The van der Waals surface area contributed by atoms with Crippen molar-refractivity contribution in [1.82, 2.24) is 29.7 Å². The van der Waals surface area contributed by atoms with E-state index in [0.29, 0.717) is 30.6 Å². The van der Waals surface area contributed by atoms with Gasteiger partial charge in [-0.15, -0.1) is 0 Å². The minimum Gasteiger partial charge on any atom is -0.348 e. The van der Waals surface area contributed by atoms with E-state index >= 15 is 0 Å². The molecule has 0 amide bonds. The molecule has 5 rings (SSSR count). The van der Waals surface area contributed by atoms with Crippen molar-refractivity contribution in [2.45, 2.75) is 31.7 Å². The summed E-state index contributed by atoms with van der Waals surface area (Å²) < 4.78 is 13.0. The summed E-state index contributed by atoms with van der Waals surface area (Å²) in [6.45, 7) is 2.54. The Labute approximate surface area is 174 Å². The third-order valence-corrected chi connectivity index (χ3v) is 5.63. The number of benzene rings is 1. The van der Waals surface area contributed by atoms with Gasteiger partial charge in [-0.2, -0.15) is 9.97 Å². The van der Waals surface area contributed by atoms with Crippen LogP contribution in [-0.4, -0.2) is 42.8 Å². The van der Waals surface area contributed by atoms with E-state index < -0.39 is 0 Å². The van der Waals surface area contributed by atoms with Crippen LogP contribution in [0.2, 0.25) is 0 Å². The molecule has 3 aromatic heterocycles. The van der Waals surface area contributed by atoms with Gasteiger partial charge >= 0.3 is 0 Å². The monoisotopic (exact) mass is 404 g/mol. The summed E-state index contributed by atoms with van der Waals surface area (Å²) in [6.07, 6.45) is 4.61. The zero-order valence-electron chi connectivity index (χ0n) is 16.9. The van der Waals surface area contributed by atoms with Crippen LogP contribution in [0.25, 0.3) is 11.5 Å². The first kappa shape index (κ1) is 18.7. The molecule has 1 aliphatic heterocycles. The Morgan fingerprint density at radius 3 is 2.57 bits per heavy atom. The van der Waals surface area contributed by atoms with E-state index in [1.165, 1.54) is 5.56 Å². The van der Waals surface area contributed by atoms with Crippen molar-refractivity contribution in [3.05, 3.63) is 71.8 Å². The van der Waals surface area contributed by atoms with Crippen molar-refractivity contribution in [3.63, 3.8) is 0 Å². The lowest BCUT2D eigenvalue weighted by Gasteiger charge is -2.28. The molecule has 0 radical (unpaired) electrons. The minimum atomic E-state index is 0.291. The van der Waals surface area contributed by atoms with E-state index in [9.17, 15) is 0 Å². The molecule has 8 heteroatoms. The highest BCUT2D eigenvalue weighted by Gasteiger charge is 2.26. The number of likely N-dealkylation sites (tertiary alicyclic amines) is 1. The van der Waals surface area contributed by atoms with Crippen LogP contribution in [0.3, 0.4) is 0 Å². The van der Waals surface area contributed by atoms with Crippen molar-refractivity contribution in [2.24, 2.45) is 7.05 Å². The second-order valence-corrected chi connectivity index (χ2v) is 7.78. The standard InChI is InChI=1S/C22H24N6O2/c1-27-11-5-8-18(27)21-24-22(30-26-21)17-9-12-28(13-10-17)15-20-23-19(25-29-20)14-16-6-3-2-4-7-16/h2-8,11,17H,9-10,12-15H2,1H3. The molecule has 1 saturated heterocycles. The van der Waals surface area contributed by atoms with Gasteiger partial charge in [-0.1, -0.05) is 40.6 Å². The fraction of sp³-hybridized carbons (Fsp3) is 0.364. The van der Waals surface area contributed by atoms with Crippen LogP contribution < -0.4 is 0 Å². The smallest absolute Gasteiger partial charge is 0.240 e. The van der Waals surface area contributed by atoms with E-state index in [1.54, 1.807) is 0 Å². The Morgan fingerprint density at radius 2 is 1.80 bits per heavy atom. The summed E-state index contributed by atoms with van der Waals surface area (Å²) in [5.74, 6) is 3.07. The predicted molar refractivity (Wildman–Crippen MR) is 110 cm³/mol. The van der Waals surface area contributed by atoms with Crippen molar-refractivity contribution in [1.29, 1.82) is 0 Å². The summed E-state index contributed by atoms with van der Waals surface area (Å²) in [4.78, 5) is 11.5. The van der Waals surface area contributed by atoms with Gasteiger partial charge in [0.15, 0.2) is 5.82 Å². The third kappa shape index (κ3) is 4.04. The Hall–Kier alpha value is -3.26. The van der Waals surface area contributed by atoms with Crippen LogP contribution >= 0.6 is 0 Å². The molecular formula is C22H24N6O2. The molecule has 0 N–H and O–H groups in total. The van der Waals surface area contributed by atoms with Crippen LogP contribution in [0.1, 0.15) is 41.9 Å². The molecule has 1 fully saturated rings. The Bertz CT molecular complexity index is 1090. The van der Waals surface area contributed by atoms with E-state index in [-0.39, 0.29) is 0 Å². The minimum absolute atomic E-state index is 0.291. The van der Waals surface area contributed by atoms with Gasteiger partial charge in [0.05, 0.1) is 12.2 Å². The van der Waals surface area contributed by atoms with Crippen molar-refractivity contribution < 1.29 is 9.05 Å². The summed E-state index contributed by atoms with van der Waals surface area (Å²) in [5, 5.41) is 8.29. The highest BCUT2D eigenvalue weighted by molar-refractivity contribution is 5.49. The quantitative estimate of drug-likeness (QED) is 0.487. The largest absolute Gasteiger partial charge is 0.348 e. The van der Waals surface area contributed by atoms with Gasteiger partial charge in [0.2, 0.25) is 17.6 Å². The average molecular weight is 404 g/mol. The molecule has 154 valence electrons. The number of rotatable bonds is 6. The fourth-order valence-corrected chi connectivity index (χ4v) is 3.93. The van der Waals surface area contributed by atoms with Crippen molar-refractivity contribution in [3.8, 4) is 11.5 Å². The number of aromatic nitrogens is 5. The second-order valence-electron chi connectivity index (χ2n) is 7.78. The maximum Gasteiger partial charge on any atom is 0.240 e. The summed E-state index contributed by atoms with van der Waals surface area (Å²) >= 11 is 0. The Morgan fingerprint density at radius 1 is 0.967 bits per heavy atom. The van der Waals surface area contributed by atoms with Crippen LogP contribution in [0.15, 0.2) is 57.7 Å². The molecule has 4 heterocycles. The van der Waals surface area contributed by atoms with Crippen LogP contribution in [0.5, 0.6) is 0 Å². The lowest BCUT2D eigenvalue weighted by atomic mass is 9.97. The lowest BCUT2D eigenvalue weighted by molar-refractivity contribution is 0.168. The number of nitrogens with zero attached hydrogens (tertiary/aromatic N) is 6. The molecular weight excluding hydrogens is 380 g/mol. The molecule has 30 heavy (non-hydrogen) atoms. The van der Waals surface area contributed by atoms with Gasteiger partial charge in [0, 0.05) is 25.6 Å². The molecule has 0 atom stereocenters. The molecule has 1 aliphatic rings. The van der Waals surface area contributed by atoms with E-state index in [0.717, 1.165) is 43.3 Å². The maximum absolute atomic E-state index is 5.56. The molecule has 0 saturated carbocycles. The number of hydrogen-bond donors (Lipinski definition) is 0. The van der Waals surface area contributed by atoms with Gasteiger partial charge in [-0.25, -0.2) is 0 Å². The summed E-state index contributed by atoms with van der Waals surface area (Å²) in [7, 11) is 1.98. The van der Waals surface area contributed by atoms with Gasteiger partial charge in [-0.3, -0.25) is 4.90 Å². The van der Waals surface area contributed by atoms with Crippen molar-refractivity contribution in [2.75, 3.05) is 13.1 Å². The highest BCUT2D eigenvalue weighted by Crippen LogP contribution is 2.29. The topological polar surface area (TPSA) is 86.0 Å². The molecule has 0 spiro atoms. The van der Waals surface area contributed by atoms with Crippen LogP contribution in [-0.2, 0) is 20.0 Å². The summed E-state index contributed by atoms with van der Waals surface area (Å²) in [6, 6.07) is 14.2. The molecule has 0 bridgehead atoms. The molecule has 8 nitrogen and oxygen atoms in total. The van der Waals surface area contributed by atoms with Gasteiger partial charge in [0.1, 0.15) is 0 Å². The molecule has 4 aromatic rings. The maximum atomic E-state index is 5.56. The van der Waals surface area contributed by atoms with E-state index in [4.69, 9.17) is 9.05 Å². The van der Waals surface area contributed by atoms with E-state index in [1.807, 2.05) is 48.1 Å². The van der Waals surface area contributed by atoms with Gasteiger partial charge in [0.25, 0.3) is 0 Å². The highest BCUT2D eigenvalue weighted by atomic mass is 16.5.